The highest BCUT2D eigenvalue weighted by molar-refractivity contribution is 7.91. The van der Waals surface area contributed by atoms with Gasteiger partial charge in [-0.2, -0.15) is 13.2 Å². The van der Waals surface area contributed by atoms with E-state index >= 15 is 0 Å². The number of hydrogen-bond acceptors (Lipinski definition) is 4. The number of sulfone groups is 1. The van der Waals surface area contributed by atoms with Crippen molar-refractivity contribution in [3.63, 3.8) is 0 Å². The number of nitrogens with one attached hydrogen (secondary N) is 1. The molecule has 2 amide bonds. The van der Waals surface area contributed by atoms with Crippen molar-refractivity contribution in [2.45, 2.75) is 56.3 Å². The van der Waals surface area contributed by atoms with Gasteiger partial charge in [-0.3, -0.25) is 9.59 Å². The summed E-state index contributed by atoms with van der Waals surface area (Å²) in [5.41, 5.74) is -0.998. The van der Waals surface area contributed by atoms with Crippen LogP contribution in [-0.4, -0.2) is 43.5 Å². The highest BCUT2D eigenvalue weighted by Gasteiger charge is 2.42. The molecule has 11 heteroatoms. The van der Waals surface area contributed by atoms with Gasteiger partial charge in [-0.25, -0.2) is 12.8 Å². The predicted octanol–water partition coefficient (Wildman–Crippen LogP) is 4.76. The van der Waals surface area contributed by atoms with E-state index in [4.69, 9.17) is 0 Å². The Balaban J connectivity index is 1.57. The molecule has 2 aromatic rings. The second kappa shape index (κ2) is 10.1. The van der Waals surface area contributed by atoms with Crippen LogP contribution in [0.3, 0.4) is 0 Å². The van der Waals surface area contributed by atoms with Crippen molar-refractivity contribution < 1.29 is 35.6 Å². The van der Waals surface area contributed by atoms with Crippen LogP contribution >= 0.6 is 0 Å². The van der Waals surface area contributed by atoms with Crippen LogP contribution in [0.4, 0.5) is 17.6 Å². The number of alkyl halides is 3. The van der Waals surface area contributed by atoms with Crippen LogP contribution in [0.2, 0.25) is 0 Å². The summed E-state index contributed by atoms with van der Waals surface area (Å²) in [6.45, 7) is 3.64. The molecule has 2 fully saturated rings. The van der Waals surface area contributed by atoms with Gasteiger partial charge in [0.05, 0.1) is 22.3 Å². The normalized spacial score (nSPS) is 21.1. The number of carbonyl (C=O) groups is 2. The van der Waals surface area contributed by atoms with Gasteiger partial charge in [-0.15, -0.1) is 0 Å². The summed E-state index contributed by atoms with van der Waals surface area (Å²) in [7, 11) is -3.54. The first-order valence-electron chi connectivity index (χ1n) is 12.1. The first kappa shape index (κ1) is 27.1. The Hall–Kier alpha value is -2.95. The molecule has 1 aliphatic heterocycles. The standard InChI is InChI=1S/C26H28F4N2O4S/c1-3-37(35,36)19-6-4-5-17(12-19)25(34)32-14-15(2)11-22(32)24(33)31-23(16-7-8-16)20-10-9-18(13-21(20)27)26(28,29)30/h4-6,9-10,12-13,15-16,22-23H,3,7-8,11,14H2,1-2H3,(H,31,33)/t15-,22-,23-/m1/s1. The molecule has 200 valence electrons. The van der Waals surface area contributed by atoms with E-state index in [1.807, 2.05) is 6.92 Å². The monoisotopic (exact) mass is 540 g/mol. The fourth-order valence-electron chi connectivity index (χ4n) is 4.76. The van der Waals surface area contributed by atoms with Crippen LogP contribution in [0.1, 0.15) is 60.6 Å². The summed E-state index contributed by atoms with van der Waals surface area (Å²) in [5, 5.41) is 2.79. The second-order valence-corrected chi connectivity index (χ2v) is 12.1. The molecule has 6 nitrogen and oxygen atoms in total. The van der Waals surface area contributed by atoms with E-state index in [-0.39, 0.29) is 40.2 Å². The van der Waals surface area contributed by atoms with E-state index in [9.17, 15) is 35.6 Å². The van der Waals surface area contributed by atoms with Crippen molar-refractivity contribution in [3.05, 3.63) is 65.0 Å². The Morgan fingerprint density at radius 3 is 2.43 bits per heavy atom. The fraction of sp³-hybridized carbons (Fsp3) is 0.462. The minimum absolute atomic E-state index is 0.0145. The predicted molar refractivity (Wildman–Crippen MR) is 128 cm³/mol. The third-order valence-corrected chi connectivity index (χ3v) is 8.68. The van der Waals surface area contributed by atoms with Crippen molar-refractivity contribution in [2.75, 3.05) is 12.3 Å². The van der Waals surface area contributed by atoms with Gasteiger partial charge < -0.3 is 10.2 Å². The van der Waals surface area contributed by atoms with Gasteiger partial charge in [0.25, 0.3) is 5.91 Å². The third-order valence-electron chi connectivity index (χ3n) is 6.95. The maximum absolute atomic E-state index is 14.7. The summed E-state index contributed by atoms with van der Waals surface area (Å²) in [4.78, 5) is 28.1. The molecule has 0 spiro atoms. The molecular weight excluding hydrogens is 512 g/mol. The lowest BCUT2D eigenvalue weighted by atomic mass is 9.98. The number of carbonyl (C=O) groups excluding carboxylic acids is 2. The van der Waals surface area contributed by atoms with Crippen LogP contribution in [0, 0.1) is 17.7 Å². The molecule has 1 aliphatic carbocycles. The minimum atomic E-state index is -4.69. The van der Waals surface area contributed by atoms with E-state index in [0.717, 1.165) is 12.1 Å². The highest BCUT2D eigenvalue weighted by atomic mass is 32.2. The smallest absolute Gasteiger partial charge is 0.347 e. The van der Waals surface area contributed by atoms with Crippen molar-refractivity contribution >= 4 is 21.7 Å². The summed E-state index contributed by atoms with van der Waals surface area (Å²) in [6, 6.07) is 6.25. The molecule has 1 N–H and O–H groups in total. The Kier molecular flexibility index (Phi) is 7.38. The topological polar surface area (TPSA) is 83.6 Å². The number of halogens is 4. The number of benzene rings is 2. The van der Waals surface area contributed by atoms with E-state index < -0.39 is 51.3 Å². The molecule has 1 saturated carbocycles. The van der Waals surface area contributed by atoms with Crippen LogP contribution in [0.25, 0.3) is 0 Å². The van der Waals surface area contributed by atoms with Crippen molar-refractivity contribution in [3.8, 4) is 0 Å². The summed E-state index contributed by atoms with van der Waals surface area (Å²) < 4.78 is 78.2. The van der Waals surface area contributed by atoms with Gasteiger partial charge in [-0.1, -0.05) is 26.0 Å². The fourth-order valence-corrected chi connectivity index (χ4v) is 5.68. The zero-order valence-electron chi connectivity index (χ0n) is 20.4. The molecule has 3 atom stereocenters. The average Bonchev–Trinajstić information content (AvgIpc) is 3.62. The summed E-state index contributed by atoms with van der Waals surface area (Å²) >= 11 is 0. The molecule has 2 aliphatic rings. The Labute approximate surface area is 213 Å². The number of amides is 2. The zero-order chi connectivity index (χ0) is 27.1. The van der Waals surface area contributed by atoms with Gasteiger partial charge in [0.1, 0.15) is 11.9 Å². The van der Waals surface area contributed by atoms with Crippen molar-refractivity contribution in [2.24, 2.45) is 11.8 Å². The molecule has 37 heavy (non-hydrogen) atoms. The van der Waals surface area contributed by atoms with Crippen molar-refractivity contribution in [1.29, 1.82) is 0 Å². The van der Waals surface area contributed by atoms with Crippen LogP contribution in [0.5, 0.6) is 0 Å². The summed E-state index contributed by atoms with van der Waals surface area (Å²) in [5.74, 6) is -2.33. The van der Waals surface area contributed by atoms with Crippen molar-refractivity contribution in [1.82, 2.24) is 10.2 Å². The molecular formula is C26H28F4N2O4S. The molecule has 4 rings (SSSR count). The molecule has 0 unspecified atom stereocenters. The van der Waals surface area contributed by atoms with Gasteiger partial charge in [0.2, 0.25) is 5.91 Å². The Bertz CT molecular complexity index is 1310. The third kappa shape index (κ3) is 5.81. The maximum Gasteiger partial charge on any atom is 0.416 e. The molecule has 0 radical (unpaired) electrons. The lowest BCUT2D eigenvalue weighted by Gasteiger charge is -2.27. The molecule has 0 bridgehead atoms. The van der Waals surface area contributed by atoms with Gasteiger partial charge in [-0.05, 0) is 61.4 Å². The summed E-state index contributed by atoms with van der Waals surface area (Å²) in [6.07, 6.45) is -2.97. The van der Waals surface area contributed by atoms with Gasteiger partial charge in [0, 0.05) is 17.7 Å². The van der Waals surface area contributed by atoms with Crippen LogP contribution in [0.15, 0.2) is 47.4 Å². The van der Waals surface area contributed by atoms with Crippen LogP contribution < -0.4 is 5.32 Å². The van der Waals surface area contributed by atoms with Gasteiger partial charge >= 0.3 is 6.18 Å². The van der Waals surface area contributed by atoms with Crippen LogP contribution in [-0.2, 0) is 20.8 Å². The molecule has 0 aromatic heterocycles. The van der Waals surface area contributed by atoms with E-state index in [1.54, 1.807) is 0 Å². The molecule has 1 saturated heterocycles. The lowest BCUT2D eigenvalue weighted by Crippen LogP contribution is -2.47. The second-order valence-electron chi connectivity index (χ2n) is 9.80. The lowest BCUT2D eigenvalue weighted by molar-refractivity contribution is -0.137. The first-order valence-corrected chi connectivity index (χ1v) is 13.8. The number of hydrogen-bond donors (Lipinski definition) is 1. The quantitative estimate of drug-likeness (QED) is 0.514. The number of nitrogens with zero attached hydrogens (tertiary/aromatic N) is 1. The maximum atomic E-state index is 14.7. The Morgan fingerprint density at radius 1 is 1.14 bits per heavy atom. The zero-order valence-corrected chi connectivity index (χ0v) is 21.2. The molecule has 2 aromatic carbocycles. The average molecular weight is 541 g/mol. The molecule has 1 heterocycles. The van der Waals surface area contributed by atoms with Gasteiger partial charge in [0.15, 0.2) is 9.84 Å². The minimum Gasteiger partial charge on any atom is -0.347 e. The number of likely N-dealkylation sites (tertiary alicyclic amines) is 1. The number of rotatable bonds is 7. The SMILES string of the molecule is CCS(=O)(=O)c1cccc(C(=O)N2C[C@H](C)C[C@@H]2C(=O)N[C@@H](c2ccc(C(F)(F)F)cc2F)C2CC2)c1. The Morgan fingerprint density at radius 2 is 1.84 bits per heavy atom. The van der Waals surface area contributed by atoms with E-state index in [0.29, 0.717) is 25.3 Å². The highest BCUT2D eigenvalue weighted by Crippen LogP contribution is 2.43. The van der Waals surface area contributed by atoms with E-state index in [1.165, 1.54) is 36.1 Å². The first-order chi connectivity index (χ1) is 17.3. The van der Waals surface area contributed by atoms with E-state index in [2.05, 4.69) is 5.32 Å². The largest absolute Gasteiger partial charge is 0.416 e.